The molecule has 1 fully saturated rings. The van der Waals surface area contributed by atoms with Crippen LogP contribution in [0, 0.1) is 6.92 Å². The Hall–Kier alpha value is -2.31. The molecule has 96 valence electrons. The van der Waals surface area contributed by atoms with Gasteiger partial charge in [0.1, 0.15) is 18.1 Å². The SMILES string of the molecule is Cc1ccc([C@@]2(C)NC(=O)N(CC(N)=O)C2=O)o1. The first kappa shape index (κ1) is 12.2. The molecule has 4 amide bonds. The number of carbonyl (C=O) groups is 3. The number of imide groups is 1. The second kappa shape index (κ2) is 3.86. The number of nitrogens with two attached hydrogens (primary N) is 1. The number of carbonyl (C=O) groups excluding carboxylic acids is 3. The Bertz CT molecular complexity index is 536. The molecule has 0 unspecified atom stereocenters. The fourth-order valence-corrected chi connectivity index (χ4v) is 1.87. The summed E-state index contributed by atoms with van der Waals surface area (Å²) in [5, 5.41) is 2.50. The molecule has 0 aliphatic carbocycles. The molecule has 0 saturated carbocycles. The predicted octanol–water partition coefficient (Wildman–Crippen LogP) is -0.160. The molecule has 1 aromatic heterocycles. The van der Waals surface area contributed by atoms with Crippen molar-refractivity contribution in [3.05, 3.63) is 23.7 Å². The number of aryl methyl sites for hydroxylation is 1. The lowest BCUT2D eigenvalue weighted by atomic mass is 9.99. The Kier molecular flexibility index (Phi) is 2.61. The zero-order valence-electron chi connectivity index (χ0n) is 10.0. The van der Waals surface area contributed by atoms with Crippen molar-refractivity contribution in [2.24, 2.45) is 5.73 Å². The van der Waals surface area contributed by atoms with Crippen LogP contribution in [0.4, 0.5) is 4.79 Å². The molecule has 18 heavy (non-hydrogen) atoms. The van der Waals surface area contributed by atoms with Gasteiger partial charge in [0.2, 0.25) is 5.91 Å². The van der Waals surface area contributed by atoms with E-state index in [-0.39, 0.29) is 0 Å². The molecule has 0 aromatic carbocycles. The standard InChI is InChI=1S/C11H13N3O4/c1-6-3-4-7(18-6)11(2)9(16)14(5-8(12)15)10(17)13-11/h3-4H,5H2,1-2H3,(H2,12,15)(H,13,17)/t11-/m1/s1. The molecule has 1 atom stereocenters. The van der Waals surface area contributed by atoms with E-state index in [4.69, 9.17) is 10.2 Å². The molecular weight excluding hydrogens is 238 g/mol. The van der Waals surface area contributed by atoms with Gasteiger partial charge >= 0.3 is 6.03 Å². The van der Waals surface area contributed by atoms with Crippen molar-refractivity contribution in [3.63, 3.8) is 0 Å². The van der Waals surface area contributed by atoms with E-state index >= 15 is 0 Å². The summed E-state index contributed by atoms with van der Waals surface area (Å²) in [5.74, 6) is -0.356. The fraction of sp³-hybridized carbons (Fsp3) is 0.364. The summed E-state index contributed by atoms with van der Waals surface area (Å²) in [6.45, 7) is 2.81. The summed E-state index contributed by atoms with van der Waals surface area (Å²) in [6.07, 6.45) is 0. The number of hydrogen-bond acceptors (Lipinski definition) is 4. The summed E-state index contributed by atoms with van der Waals surface area (Å²) in [4.78, 5) is 35.4. The van der Waals surface area contributed by atoms with E-state index in [0.717, 1.165) is 4.90 Å². The third kappa shape index (κ3) is 1.73. The zero-order valence-corrected chi connectivity index (χ0v) is 10.0. The first-order valence-corrected chi connectivity index (χ1v) is 5.34. The molecule has 7 nitrogen and oxygen atoms in total. The van der Waals surface area contributed by atoms with Gasteiger partial charge in [-0.3, -0.25) is 14.5 Å². The molecule has 3 N–H and O–H groups in total. The first-order chi connectivity index (χ1) is 8.34. The van der Waals surface area contributed by atoms with E-state index in [0.29, 0.717) is 11.5 Å². The molecule has 0 radical (unpaired) electrons. The van der Waals surface area contributed by atoms with Crippen LogP contribution < -0.4 is 11.1 Å². The van der Waals surface area contributed by atoms with E-state index in [1.165, 1.54) is 6.92 Å². The topological polar surface area (TPSA) is 106 Å². The number of hydrogen-bond donors (Lipinski definition) is 2. The third-order valence-corrected chi connectivity index (χ3v) is 2.82. The number of urea groups is 1. The summed E-state index contributed by atoms with van der Waals surface area (Å²) in [5.41, 5.74) is 3.70. The molecule has 1 aliphatic heterocycles. The highest BCUT2D eigenvalue weighted by molar-refractivity contribution is 6.08. The number of furan rings is 1. The molecule has 1 aromatic rings. The number of amides is 4. The van der Waals surface area contributed by atoms with Crippen LogP contribution in [0.5, 0.6) is 0 Å². The minimum atomic E-state index is -1.29. The van der Waals surface area contributed by atoms with Gasteiger partial charge in [-0.05, 0) is 26.0 Å². The number of nitrogens with one attached hydrogen (secondary N) is 1. The van der Waals surface area contributed by atoms with Crippen LogP contribution in [0.1, 0.15) is 18.4 Å². The van der Waals surface area contributed by atoms with Gasteiger partial charge in [0.05, 0.1) is 0 Å². The van der Waals surface area contributed by atoms with Gasteiger partial charge in [-0.25, -0.2) is 4.79 Å². The van der Waals surface area contributed by atoms with Crippen molar-refractivity contribution in [3.8, 4) is 0 Å². The molecule has 2 heterocycles. The Morgan fingerprint density at radius 3 is 2.67 bits per heavy atom. The van der Waals surface area contributed by atoms with E-state index in [1.54, 1.807) is 19.1 Å². The first-order valence-electron chi connectivity index (χ1n) is 5.34. The molecular formula is C11H13N3O4. The molecule has 0 bridgehead atoms. The average molecular weight is 251 g/mol. The van der Waals surface area contributed by atoms with Crippen molar-refractivity contribution >= 4 is 17.8 Å². The largest absolute Gasteiger partial charge is 0.463 e. The fourth-order valence-electron chi connectivity index (χ4n) is 1.87. The van der Waals surface area contributed by atoms with E-state index < -0.39 is 29.9 Å². The van der Waals surface area contributed by atoms with Crippen LogP contribution in [-0.4, -0.2) is 29.3 Å². The Labute approximate surface area is 103 Å². The van der Waals surface area contributed by atoms with Crippen LogP contribution in [0.3, 0.4) is 0 Å². The van der Waals surface area contributed by atoms with Gasteiger partial charge in [-0.2, -0.15) is 0 Å². The van der Waals surface area contributed by atoms with Crippen molar-refractivity contribution in [2.45, 2.75) is 19.4 Å². The van der Waals surface area contributed by atoms with Gasteiger partial charge in [-0.1, -0.05) is 0 Å². The molecule has 0 spiro atoms. The van der Waals surface area contributed by atoms with Crippen LogP contribution in [-0.2, 0) is 15.1 Å². The number of nitrogens with zero attached hydrogens (tertiary/aromatic N) is 1. The maximum absolute atomic E-state index is 12.2. The van der Waals surface area contributed by atoms with Crippen LogP contribution in [0.2, 0.25) is 0 Å². The lowest BCUT2D eigenvalue weighted by Gasteiger charge is -2.18. The Morgan fingerprint density at radius 1 is 1.50 bits per heavy atom. The number of rotatable bonds is 3. The van der Waals surface area contributed by atoms with Crippen molar-refractivity contribution in [1.29, 1.82) is 0 Å². The highest BCUT2D eigenvalue weighted by Gasteiger charge is 2.51. The van der Waals surface area contributed by atoms with E-state index in [1.807, 2.05) is 0 Å². The molecule has 2 rings (SSSR count). The Morgan fingerprint density at radius 2 is 2.17 bits per heavy atom. The summed E-state index contributed by atoms with van der Waals surface area (Å²) in [7, 11) is 0. The maximum Gasteiger partial charge on any atom is 0.325 e. The summed E-state index contributed by atoms with van der Waals surface area (Å²) >= 11 is 0. The molecule has 7 heteroatoms. The monoisotopic (exact) mass is 251 g/mol. The second-order valence-electron chi connectivity index (χ2n) is 4.32. The quantitative estimate of drug-likeness (QED) is 0.728. The summed E-state index contributed by atoms with van der Waals surface area (Å²) in [6, 6.07) is 2.65. The van der Waals surface area contributed by atoms with Crippen molar-refractivity contribution in [1.82, 2.24) is 10.2 Å². The normalized spacial score (nSPS) is 23.3. The van der Waals surface area contributed by atoms with Gasteiger partial charge in [-0.15, -0.1) is 0 Å². The number of primary amides is 1. The lowest BCUT2D eigenvalue weighted by Crippen LogP contribution is -2.42. The van der Waals surface area contributed by atoms with E-state index in [9.17, 15) is 14.4 Å². The second-order valence-corrected chi connectivity index (χ2v) is 4.32. The highest BCUT2D eigenvalue weighted by Crippen LogP contribution is 2.29. The zero-order chi connectivity index (χ0) is 13.5. The van der Waals surface area contributed by atoms with Crippen molar-refractivity contribution < 1.29 is 18.8 Å². The summed E-state index contributed by atoms with van der Waals surface area (Å²) < 4.78 is 5.36. The average Bonchev–Trinajstić information content (AvgIpc) is 2.78. The predicted molar refractivity (Wildman–Crippen MR) is 60.2 cm³/mol. The van der Waals surface area contributed by atoms with Crippen molar-refractivity contribution in [2.75, 3.05) is 6.54 Å². The minimum absolute atomic E-state index is 0.324. The maximum atomic E-state index is 12.2. The smallest absolute Gasteiger partial charge is 0.325 e. The highest BCUT2D eigenvalue weighted by atomic mass is 16.3. The van der Waals surface area contributed by atoms with Gasteiger partial charge in [0, 0.05) is 0 Å². The van der Waals surface area contributed by atoms with Gasteiger partial charge in [0.15, 0.2) is 5.54 Å². The Balaban J connectivity index is 2.34. The van der Waals surface area contributed by atoms with Crippen LogP contribution in [0.15, 0.2) is 16.5 Å². The third-order valence-electron chi connectivity index (χ3n) is 2.82. The van der Waals surface area contributed by atoms with Gasteiger partial charge < -0.3 is 15.5 Å². The van der Waals surface area contributed by atoms with Crippen LogP contribution in [0.25, 0.3) is 0 Å². The minimum Gasteiger partial charge on any atom is -0.463 e. The molecule has 1 saturated heterocycles. The van der Waals surface area contributed by atoms with Crippen LogP contribution >= 0.6 is 0 Å². The van der Waals surface area contributed by atoms with E-state index in [2.05, 4.69) is 5.32 Å². The van der Waals surface area contributed by atoms with Gasteiger partial charge in [0.25, 0.3) is 5.91 Å². The lowest BCUT2D eigenvalue weighted by molar-refractivity contribution is -0.134. The molecule has 1 aliphatic rings.